The highest BCUT2D eigenvalue weighted by atomic mass is 32.2. The summed E-state index contributed by atoms with van der Waals surface area (Å²) in [5, 5.41) is 9.18. The highest BCUT2D eigenvalue weighted by molar-refractivity contribution is 7.88. The summed E-state index contributed by atoms with van der Waals surface area (Å²) in [7, 11) is -3.37. The minimum atomic E-state index is -3.37. The van der Waals surface area contributed by atoms with Crippen molar-refractivity contribution in [3.05, 3.63) is 30.1 Å². The topological polar surface area (TPSA) is 87.6 Å². The van der Waals surface area contributed by atoms with Gasteiger partial charge in [0, 0.05) is 30.9 Å². The Labute approximate surface area is 105 Å². The normalized spacial score (nSPS) is 25.2. The van der Waals surface area contributed by atoms with Gasteiger partial charge in [0.05, 0.1) is 12.2 Å². The Bertz CT molecular complexity index is 543. The van der Waals surface area contributed by atoms with E-state index in [2.05, 4.69) is 4.98 Å². The van der Waals surface area contributed by atoms with E-state index in [1.165, 1.54) is 4.31 Å². The van der Waals surface area contributed by atoms with E-state index in [4.69, 9.17) is 0 Å². The first-order chi connectivity index (χ1) is 8.39. The number of hydrogen-bond donors (Lipinski definition) is 1. The van der Waals surface area contributed by atoms with Crippen LogP contribution in [-0.4, -0.2) is 48.1 Å². The number of hydrogen-bond acceptors (Lipinski definition) is 4. The molecule has 1 aromatic heterocycles. The van der Waals surface area contributed by atoms with E-state index in [9.17, 15) is 18.3 Å². The van der Waals surface area contributed by atoms with E-state index < -0.39 is 27.8 Å². The average molecular weight is 270 g/mol. The van der Waals surface area contributed by atoms with Crippen molar-refractivity contribution >= 4 is 16.0 Å². The highest BCUT2D eigenvalue weighted by Gasteiger charge is 2.42. The molecule has 6 nitrogen and oxygen atoms in total. The molecular weight excluding hydrogens is 256 g/mol. The minimum Gasteiger partial charge on any atom is -0.481 e. The largest absolute Gasteiger partial charge is 0.481 e. The molecule has 0 saturated carbocycles. The Balaban J connectivity index is 2.32. The molecular formula is C11H14N2O4S. The van der Waals surface area contributed by atoms with E-state index in [1.54, 1.807) is 24.4 Å². The second-order valence-electron chi connectivity index (χ2n) is 4.39. The van der Waals surface area contributed by atoms with Gasteiger partial charge in [0.1, 0.15) is 0 Å². The third-order valence-electron chi connectivity index (χ3n) is 3.14. The van der Waals surface area contributed by atoms with Gasteiger partial charge < -0.3 is 5.11 Å². The van der Waals surface area contributed by atoms with E-state index >= 15 is 0 Å². The van der Waals surface area contributed by atoms with Gasteiger partial charge >= 0.3 is 5.97 Å². The summed E-state index contributed by atoms with van der Waals surface area (Å²) in [6.07, 6.45) is 2.67. The maximum Gasteiger partial charge on any atom is 0.308 e. The molecule has 0 amide bonds. The molecule has 1 saturated heterocycles. The van der Waals surface area contributed by atoms with Crippen LogP contribution >= 0.6 is 0 Å². The average Bonchev–Trinajstić information content (AvgIpc) is 2.74. The number of sulfonamides is 1. The summed E-state index contributed by atoms with van der Waals surface area (Å²) >= 11 is 0. The van der Waals surface area contributed by atoms with Gasteiger partial charge in [-0.15, -0.1) is 0 Å². The Morgan fingerprint density at radius 3 is 2.67 bits per heavy atom. The zero-order valence-corrected chi connectivity index (χ0v) is 10.7. The predicted octanol–water partition coefficient (Wildman–Crippen LogP) is 0.141. The molecule has 2 heterocycles. The van der Waals surface area contributed by atoms with Crippen molar-refractivity contribution < 1.29 is 18.3 Å². The lowest BCUT2D eigenvalue weighted by Crippen LogP contribution is -2.28. The van der Waals surface area contributed by atoms with Gasteiger partial charge in [0.25, 0.3) is 0 Å². The molecule has 98 valence electrons. The Hall–Kier alpha value is -1.47. The van der Waals surface area contributed by atoms with Crippen molar-refractivity contribution in [2.45, 2.75) is 5.92 Å². The summed E-state index contributed by atoms with van der Waals surface area (Å²) in [4.78, 5) is 15.3. The molecule has 7 heteroatoms. The second-order valence-corrected chi connectivity index (χ2v) is 6.37. The van der Waals surface area contributed by atoms with Crippen LogP contribution in [0.25, 0.3) is 0 Å². The lowest BCUT2D eigenvalue weighted by molar-refractivity contribution is -0.141. The number of aliphatic carboxylic acids is 1. The predicted molar refractivity (Wildman–Crippen MR) is 64.5 cm³/mol. The molecule has 1 fully saturated rings. The molecule has 1 aromatic rings. The molecule has 18 heavy (non-hydrogen) atoms. The quantitative estimate of drug-likeness (QED) is 0.844. The lowest BCUT2D eigenvalue weighted by atomic mass is 9.93. The van der Waals surface area contributed by atoms with Crippen LogP contribution in [0.1, 0.15) is 11.6 Å². The Morgan fingerprint density at radius 2 is 2.17 bits per heavy atom. The van der Waals surface area contributed by atoms with E-state index in [1.807, 2.05) is 0 Å². The van der Waals surface area contributed by atoms with Gasteiger partial charge in [-0.25, -0.2) is 12.7 Å². The monoisotopic (exact) mass is 270 g/mol. The van der Waals surface area contributed by atoms with Crippen molar-refractivity contribution in [3.8, 4) is 0 Å². The smallest absolute Gasteiger partial charge is 0.308 e. The van der Waals surface area contributed by atoms with Gasteiger partial charge in [0.15, 0.2) is 0 Å². The van der Waals surface area contributed by atoms with E-state index in [0.717, 1.165) is 6.26 Å². The zero-order chi connectivity index (χ0) is 13.3. The molecule has 0 unspecified atom stereocenters. The first kappa shape index (κ1) is 13.0. The van der Waals surface area contributed by atoms with E-state index in [0.29, 0.717) is 5.69 Å². The van der Waals surface area contributed by atoms with Gasteiger partial charge in [-0.05, 0) is 12.1 Å². The fourth-order valence-electron chi connectivity index (χ4n) is 2.18. The first-order valence-corrected chi connectivity index (χ1v) is 7.33. The SMILES string of the molecule is CS(=O)(=O)N1C[C@H](C(=O)O)[C@@H](c2ccccn2)C1. The minimum absolute atomic E-state index is 0.00933. The number of pyridine rings is 1. The number of aromatic nitrogens is 1. The van der Waals surface area contributed by atoms with Crippen molar-refractivity contribution in [1.82, 2.24) is 9.29 Å². The number of carboxylic acids is 1. The van der Waals surface area contributed by atoms with Crippen LogP contribution in [0.3, 0.4) is 0 Å². The molecule has 1 aliphatic heterocycles. The molecule has 1 aliphatic rings. The summed E-state index contributed by atoms with van der Waals surface area (Å²) in [5.74, 6) is -2.12. The molecule has 1 N–H and O–H groups in total. The summed E-state index contributed by atoms with van der Waals surface area (Å²) in [6, 6.07) is 5.24. The van der Waals surface area contributed by atoms with Gasteiger partial charge in [-0.1, -0.05) is 6.07 Å². The van der Waals surface area contributed by atoms with Crippen LogP contribution in [0.5, 0.6) is 0 Å². The van der Waals surface area contributed by atoms with Crippen LogP contribution in [0, 0.1) is 5.92 Å². The van der Waals surface area contributed by atoms with Crippen LogP contribution in [-0.2, 0) is 14.8 Å². The van der Waals surface area contributed by atoms with Crippen LogP contribution in [0.15, 0.2) is 24.4 Å². The lowest BCUT2D eigenvalue weighted by Gasteiger charge is -2.13. The summed E-state index contributed by atoms with van der Waals surface area (Å²) < 4.78 is 24.2. The number of nitrogens with zero attached hydrogens (tertiary/aromatic N) is 2. The number of rotatable bonds is 3. The van der Waals surface area contributed by atoms with Crippen LogP contribution in [0.2, 0.25) is 0 Å². The second kappa shape index (κ2) is 4.66. The zero-order valence-electron chi connectivity index (χ0n) is 9.85. The third-order valence-corrected chi connectivity index (χ3v) is 4.38. The summed E-state index contributed by atoms with van der Waals surface area (Å²) in [5.41, 5.74) is 0.621. The molecule has 0 spiro atoms. The van der Waals surface area contributed by atoms with Crippen molar-refractivity contribution in [2.75, 3.05) is 19.3 Å². The maximum atomic E-state index is 11.5. The molecule has 0 aliphatic carbocycles. The summed E-state index contributed by atoms with van der Waals surface area (Å²) in [6.45, 7) is 0.183. The third kappa shape index (κ3) is 2.51. The van der Waals surface area contributed by atoms with Crippen molar-refractivity contribution in [1.29, 1.82) is 0 Å². The Morgan fingerprint density at radius 1 is 1.44 bits per heavy atom. The first-order valence-electron chi connectivity index (χ1n) is 5.48. The standard InChI is InChI=1S/C11H14N2O4S/c1-18(16,17)13-6-8(9(7-13)11(14)15)10-4-2-3-5-12-10/h2-5,8-9H,6-7H2,1H3,(H,14,15)/t8-,9-/m0/s1. The fourth-order valence-corrected chi connectivity index (χ4v) is 3.05. The van der Waals surface area contributed by atoms with Crippen molar-refractivity contribution in [2.24, 2.45) is 5.92 Å². The Kier molecular flexibility index (Phi) is 3.36. The molecule has 0 radical (unpaired) electrons. The van der Waals surface area contributed by atoms with Gasteiger partial charge in [-0.3, -0.25) is 9.78 Å². The number of carbonyl (C=O) groups is 1. The fraction of sp³-hybridized carbons (Fsp3) is 0.455. The van der Waals surface area contributed by atoms with Crippen LogP contribution < -0.4 is 0 Å². The molecule has 0 bridgehead atoms. The van der Waals surface area contributed by atoms with E-state index in [-0.39, 0.29) is 13.1 Å². The number of carboxylic acid groups (broad SMARTS) is 1. The molecule has 0 aromatic carbocycles. The molecule has 2 atom stereocenters. The highest BCUT2D eigenvalue weighted by Crippen LogP contribution is 2.32. The van der Waals surface area contributed by atoms with Crippen LogP contribution in [0.4, 0.5) is 0 Å². The maximum absolute atomic E-state index is 11.5. The molecule has 2 rings (SSSR count). The van der Waals surface area contributed by atoms with Crippen molar-refractivity contribution in [3.63, 3.8) is 0 Å². The van der Waals surface area contributed by atoms with Gasteiger partial charge in [-0.2, -0.15) is 0 Å². The van der Waals surface area contributed by atoms with Gasteiger partial charge in [0.2, 0.25) is 10.0 Å².